The summed E-state index contributed by atoms with van der Waals surface area (Å²) in [5, 5.41) is 2.90. The van der Waals surface area contributed by atoms with Gasteiger partial charge in [0, 0.05) is 15.4 Å². The molecule has 0 amide bonds. The van der Waals surface area contributed by atoms with Gasteiger partial charge in [0.15, 0.2) is 5.78 Å². The highest BCUT2D eigenvalue weighted by Gasteiger charge is 2.13. The molecule has 3 aromatic rings. The second-order valence-corrected chi connectivity index (χ2v) is 8.42. The number of Topliss-reactive ketones (excluding diaryl/α,β-unsaturated/α-hetero) is 1. The maximum absolute atomic E-state index is 12.2. The number of thiazole rings is 1. The summed E-state index contributed by atoms with van der Waals surface area (Å²) in [6, 6.07) is 11.4. The van der Waals surface area contributed by atoms with Crippen LogP contribution in [0.4, 0.5) is 0 Å². The molecule has 0 spiro atoms. The lowest BCUT2D eigenvalue weighted by Crippen LogP contribution is -2.03. The van der Waals surface area contributed by atoms with E-state index in [4.69, 9.17) is 0 Å². The van der Waals surface area contributed by atoms with Crippen molar-refractivity contribution in [2.45, 2.75) is 6.42 Å². The fourth-order valence-electron chi connectivity index (χ4n) is 1.84. The summed E-state index contributed by atoms with van der Waals surface area (Å²) < 4.78 is 2.08. The van der Waals surface area contributed by atoms with Crippen LogP contribution in [0, 0.1) is 0 Å². The van der Waals surface area contributed by atoms with Crippen LogP contribution in [-0.4, -0.2) is 10.8 Å². The summed E-state index contributed by atoms with van der Waals surface area (Å²) in [5.41, 5.74) is 1.55. The van der Waals surface area contributed by atoms with Crippen LogP contribution in [0.25, 0.3) is 9.88 Å². The Morgan fingerprint density at radius 1 is 1.19 bits per heavy atom. The molecule has 0 N–H and O–H groups in total. The Kier molecular flexibility index (Phi) is 4.69. The molecule has 1 aromatic carbocycles. The van der Waals surface area contributed by atoms with Crippen LogP contribution >= 0.6 is 54.5 Å². The van der Waals surface area contributed by atoms with Crippen LogP contribution in [0.15, 0.2) is 50.0 Å². The molecule has 0 atom stereocenters. The lowest BCUT2D eigenvalue weighted by atomic mass is 10.1. The predicted octanol–water partition coefficient (Wildman–Crippen LogP) is 5.82. The number of carbonyl (C=O) groups excluding carboxylic acids is 1. The van der Waals surface area contributed by atoms with Crippen LogP contribution in [0.1, 0.15) is 16.1 Å². The van der Waals surface area contributed by atoms with Gasteiger partial charge in [0.05, 0.1) is 20.8 Å². The van der Waals surface area contributed by atoms with E-state index in [1.165, 1.54) is 0 Å². The number of carbonyl (C=O) groups is 1. The minimum atomic E-state index is 0.0981. The highest BCUT2D eigenvalue weighted by molar-refractivity contribution is 9.13. The zero-order valence-corrected chi connectivity index (χ0v) is 15.5. The Labute approximate surface area is 147 Å². The van der Waals surface area contributed by atoms with E-state index in [1.807, 2.05) is 41.8 Å². The molecule has 0 bridgehead atoms. The number of aromatic nitrogens is 1. The molecule has 2 aromatic heterocycles. The zero-order chi connectivity index (χ0) is 14.8. The Bertz CT molecular complexity index is 761. The fourth-order valence-corrected chi connectivity index (χ4v) is 4.76. The quantitative estimate of drug-likeness (QED) is 0.476. The van der Waals surface area contributed by atoms with Crippen LogP contribution in [0.5, 0.6) is 0 Å². The number of ketones is 1. The van der Waals surface area contributed by atoms with Gasteiger partial charge < -0.3 is 0 Å². The average Bonchev–Trinajstić information content (AvgIpc) is 3.07. The topological polar surface area (TPSA) is 30.0 Å². The standard InChI is InChI=1S/C15H9Br2NOS2/c16-11-7-13(21-14(11)17)15-18-10(8-20-15)6-12(19)9-4-2-1-3-5-9/h1-5,7-8H,6H2. The first kappa shape index (κ1) is 15.1. The molecule has 0 fully saturated rings. The molecule has 0 aliphatic rings. The molecule has 2 heterocycles. The molecule has 6 heteroatoms. The van der Waals surface area contributed by atoms with Crippen molar-refractivity contribution in [3.63, 3.8) is 0 Å². The van der Waals surface area contributed by atoms with Gasteiger partial charge in [-0.25, -0.2) is 4.98 Å². The third-order valence-corrected chi connectivity index (χ3v) is 7.16. The number of benzene rings is 1. The largest absolute Gasteiger partial charge is 0.294 e. The first-order valence-corrected chi connectivity index (χ1v) is 9.39. The molecule has 3 rings (SSSR count). The van der Waals surface area contributed by atoms with Gasteiger partial charge >= 0.3 is 0 Å². The smallest absolute Gasteiger partial charge is 0.168 e. The Morgan fingerprint density at radius 2 is 1.95 bits per heavy atom. The molecule has 0 radical (unpaired) electrons. The summed E-state index contributed by atoms with van der Waals surface area (Å²) in [6.45, 7) is 0. The number of thiophene rings is 1. The minimum absolute atomic E-state index is 0.0981. The summed E-state index contributed by atoms with van der Waals surface area (Å²) in [4.78, 5) is 17.8. The summed E-state index contributed by atoms with van der Waals surface area (Å²) >= 11 is 10.2. The van der Waals surface area contributed by atoms with E-state index in [0.717, 1.165) is 29.4 Å². The summed E-state index contributed by atoms with van der Waals surface area (Å²) in [6.07, 6.45) is 0.341. The number of hydrogen-bond acceptors (Lipinski definition) is 4. The highest BCUT2D eigenvalue weighted by atomic mass is 79.9. The maximum Gasteiger partial charge on any atom is 0.168 e. The molecule has 21 heavy (non-hydrogen) atoms. The van der Waals surface area contributed by atoms with Crippen LogP contribution in [-0.2, 0) is 6.42 Å². The first-order chi connectivity index (χ1) is 10.1. The molecule has 0 aliphatic carbocycles. The van der Waals surface area contributed by atoms with E-state index in [9.17, 15) is 4.79 Å². The monoisotopic (exact) mass is 441 g/mol. The van der Waals surface area contributed by atoms with Crippen molar-refractivity contribution < 1.29 is 4.79 Å². The zero-order valence-electron chi connectivity index (χ0n) is 10.7. The SMILES string of the molecule is O=C(Cc1csc(-c2cc(Br)c(Br)s2)n1)c1ccccc1. The Balaban J connectivity index is 1.78. The minimum Gasteiger partial charge on any atom is -0.294 e. The van der Waals surface area contributed by atoms with Gasteiger partial charge in [-0.15, -0.1) is 22.7 Å². The lowest BCUT2D eigenvalue weighted by molar-refractivity contribution is 0.0992. The van der Waals surface area contributed by atoms with Gasteiger partial charge in [-0.05, 0) is 37.9 Å². The number of rotatable bonds is 4. The number of nitrogens with zero attached hydrogens (tertiary/aromatic N) is 1. The molecule has 106 valence electrons. The second kappa shape index (κ2) is 6.52. The van der Waals surface area contributed by atoms with Crippen molar-refractivity contribution in [2.24, 2.45) is 0 Å². The average molecular weight is 443 g/mol. The maximum atomic E-state index is 12.2. The van der Waals surface area contributed by atoms with Crippen LogP contribution in [0.2, 0.25) is 0 Å². The van der Waals surface area contributed by atoms with E-state index >= 15 is 0 Å². The Hall–Kier alpha value is -0.820. The second-order valence-electron chi connectivity index (χ2n) is 4.34. The van der Waals surface area contributed by atoms with Gasteiger partial charge in [-0.3, -0.25) is 4.79 Å². The molecule has 0 aliphatic heterocycles. The van der Waals surface area contributed by atoms with E-state index in [0.29, 0.717) is 6.42 Å². The van der Waals surface area contributed by atoms with E-state index in [-0.39, 0.29) is 5.78 Å². The third kappa shape index (κ3) is 3.51. The van der Waals surface area contributed by atoms with E-state index in [1.54, 1.807) is 22.7 Å². The first-order valence-electron chi connectivity index (χ1n) is 6.11. The third-order valence-electron chi connectivity index (χ3n) is 2.85. The summed E-state index contributed by atoms with van der Waals surface area (Å²) in [7, 11) is 0. The summed E-state index contributed by atoms with van der Waals surface area (Å²) in [5.74, 6) is 0.0981. The van der Waals surface area contributed by atoms with Gasteiger partial charge in [0.1, 0.15) is 5.01 Å². The van der Waals surface area contributed by atoms with Gasteiger partial charge in [0.25, 0.3) is 0 Å². The predicted molar refractivity (Wildman–Crippen MR) is 95.3 cm³/mol. The molecular weight excluding hydrogens is 434 g/mol. The molecular formula is C15H9Br2NOS2. The number of halogens is 2. The normalized spacial score (nSPS) is 10.8. The van der Waals surface area contributed by atoms with E-state index < -0.39 is 0 Å². The van der Waals surface area contributed by atoms with Crippen LogP contribution in [0.3, 0.4) is 0 Å². The van der Waals surface area contributed by atoms with Gasteiger partial charge in [0.2, 0.25) is 0 Å². The fraction of sp³-hybridized carbons (Fsp3) is 0.0667. The molecule has 0 saturated carbocycles. The van der Waals surface area contributed by atoms with Crippen molar-refractivity contribution >= 4 is 60.3 Å². The molecule has 0 unspecified atom stereocenters. The number of hydrogen-bond donors (Lipinski definition) is 0. The van der Waals surface area contributed by atoms with Crippen LogP contribution < -0.4 is 0 Å². The van der Waals surface area contributed by atoms with Crippen molar-refractivity contribution in [1.82, 2.24) is 4.98 Å². The molecule has 0 saturated heterocycles. The van der Waals surface area contributed by atoms with Crippen molar-refractivity contribution in [1.29, 1.82) is 0 Å². The molecule has 2 nitrogen and oxygen atoms in total. The Morgan fingerprint density at radius 3 is 2.62 bits per heavy atom. The van der Waals surface area contributed by atoms with Crippen molar-refractivity contribution in [3.8, 4) is 9.88 Å². The van der Waals surface area contributed by atoms with Gasteiger partial charge in [-0.1, -0.05) is 30.3 Å². The van der Waals surface area contributed by atoms with Crippen molar-refractivity contribution in [2.75, 3.05) is 0 Å². The van der Waals surface area contributed by atoms with Crippen molar-refractivity contribution in [3.05, 3.63) is 61.3 Å². The van der Waals surface area contributed by atoms with E-state index in [2.05, 4.69) is 36.8 Å². The highest BCUT2D eigenvalue weighted by Crippen LogP contribution is 2.39. The lowest BCUT2D eigenvalue weighted by Gasteiger charge is -1.97. The van der Waals surface area contributed by atoms with Gasteiger partial charge in [-0.2, -0.15) is 0 Å².